The van der Waals surface area contributed by atoms with Gasteiger partial charge in [0.15, 0.2) is 0 Å². The van der Waals surface area contributed by atoms with Crippen molar-refractivity contribution < 1.29 is 9.72 Å². The number of hydrogen-bond acceptors (Lipinski definition) is 6. The summed E-state index contributed by atoms with van der Waals surface area (Å²) in [7, 11) is 0. The molecular weight excluding hydrogens is 310 g/mol. The minimum absolute atomic E-state index is 0.0296. The monoisotopic (exact) mass is 335 g/mol. The third kappa shape index (κ3) is 5.17. The lowest BCUT2D eigenvalue weighted by Crippen LogP contribution is -2.44. The molecule has 2 atom stereocenters. The average Bonchev–Trinajstić information content (AvgIpc) is 2.99. The molecule has 1 aliphatic rings. The van der Waals surface area contributed by atoms with Gasteiger partial charge in [-0.15, -0.1) is 0 Å². The Balaban J connectivity index is 1.71. The molecule has 1 aromatic rings. The minimum Gasteiger partial charge on any atom is -0.378 e. The summed E-state index contributed by atoms with van der Waals surface area (Å²) in [5, 5.41) is 16.8. The highest BCUT2D eigenvalue weighted by Crippen LogP contribution is 2.22. The first-order valence-electron chi connectivity index (χ1n) is 8.23. The van der Waals surface area contributed by atoms with Crippen LogP contribution in [-0.2, 0) is 4.79 Å². The Kier molecular flexibility index (Phi) is 6.51. The third-order valence-electron chi connectivity index (χ3n) is 3.89. The predicted octanol–water partition coefficient (Wildman–Crippen LogP) is 1.40. The van der Waals surface area contributed by atoms with E-state index in [9.17, 15) is 14.9 Å². The fourth-order valence-electron chi connectivity index (χ4n) is 2.81. The Morgan fingerprint density at radius 2 is 2.08 bits per heavy atom. The molecule has 0 radical (unpaired) electrons. The molecule has 1 fully saturated rings. The maximum atomic E-state index is 12.1. The average molecular weight is 335 g/mol. The molecule has 1 saturated heterocycles. The van der Waals surface area contributed by atoms with Crippen molar-refractivity contribution in [2.24, 2.45) is 5.92 Å². The fraction of sp³-hybridized carbons (Fsp3) is 0.562. The quantitative estimate of drug-likeness (QED) is 0.325. The number of nitro groups is 1. The van der Waals surface area contributed by atoms with E-state index >= 15 is 0 Å². The van der Waals surface area contributed by atoms with Crippen LogP contribution < -0.4 is 21.5 Å². The Morgan fingerprint density at radius 3 is 2.79 bits per heavy atom. The topological polar surface area (TPSA) is 108 Å². The van der Waals surface area contributed by atoms with Gasteiger partial charge in [-0.05, 0) is 24.8 Å². The number of anilines is 1. The molecule has 132 valence electrons. The number of nitrogens with zero attached hydrogens (tertiary/aromatic N) is 1. The third-order valence-corrected chi connectivity index (χ3v) is 3.89. The van der Waals surface area contributed by atoms with E-state index < -0.39 is 4.92 Å². The lowest BCUT2D eigenvalue weighted by molar-refractivity contribution is -0.384. The van der Waals surface area contributed by atoms with E-state index in [4.69, 9.17) is 0 Å². The molecule has 1 amide bonds. The van der Waals surface area contributed by atoms with Gasteiger partial charge >= 0.3 is 0 Å². The highest BCUT2D eigenvalue weighted by Gasteiger charge is 2.29. The fourth-order valence-corrected chi connectivity index (χ4v) is 2.81. The lowest BCUT2D eigenvalue weighted by Gasteiger charge is -2.12. The van der Waals surface area contributed by atoms with E-state index in [0.29, 0.717) is 30.7 Å². The van der Waals surface area contributed by atoms with Crippen molar-refractivity contribution >= 4 is 17.3 Å². The molecule has 1 aliphatic heterocycles. The zero-order valence-corrected chi connectivity index (χ0v) is 14.0. The molecule has 0 aromatic heterocycles. The summed E-state index contributed by atoms with van der Waals surface area (Å²) >= 11 is 0. The maximum Gasteiger partial charge on any atom is 0.292 e. The minimum atomic E-state index is -0.427. The van der Waals surface area contributed by atoms with E-state index in [1.807, 2.05) is 0 Å². The first-order valence-corrected chi connectivity index (χ1v) is 8.23. The molecule has 0 spiro atoms. The first-order chi connectivity index (χ1) is 11.5. The van der Waals surface area contributed by atoms with E-state index in [1.165, 1.54) is 6.07 Å². The second-order valence-corrected chi connectivity index (χ2v) is 6.40. The Hall–Kier alpha value is -2.19. The van der Waals surface area contributed by atoms with Gasteiger partial charge in [-0.25, -0.2) is 5.43 Å². The number of carbonyl (C=O) groups is 1. The highest BCUT2D eigenvalue weighted by atomic mass is 16.6. The summed E-state index contributed by atoms with van der Waals surface area (Å²) in [6.07, 6.45) is 1.79. The molecule has 1 heterocycles. The van der Waals surface area contributed by atoms with Crippen LogP contribution in [0.5, 0.6) is 0 Å². The zero-order valence-electron chi connectivity index (χ0n) is 14.0. The van der Waals surface area contributed by atoms with Gasteiger partial charge in [0, 0.05) is 25.2 Å². The van der Waals surface area contributed by atoms with Crippen LogP contribution in [0.4, 0.5) is 11.4 Å². The standard InChI is InChI=1S/C16H25N5O3/c1-11(2)9-12-10-14(20-19-12)16(22)18-8-7-17-13-5-3-4-6-15(13)21(23)24/h3-6,11-12,14,17,19-20H,7-10H2,1-2H3,(H,18,22). The van der Waals surface area contributed by atoms with Crippen molar-refractivity contribution in [1.29, 1.82) is 0 Å². The van der Waals surface area contributed by atoms with E-state index in [0.717, 1.165) is 12.8 Å². The van der Waals surface area contributed by atoms with E-state index in [-0.39, 0.29) is 17.6 Å². The summed E-state index contributed by atoms with van der Waals surface area (Å²) in [5.74, 6) is 0.523. The van der Waals surface area contributed by atoms with Crippen molar-refractivity contribution in [2.45, 2.75) is 38.8 Å². The molecule has 0 bridgehead atoms. The molecule has 2 rings (SSSR count). The molecule has 4 N–H and O–H groups in total. The van der Waals surface area contributed by atoms with Gasteiger partial charge in [-0.1, -0.05) is 26.0 Å². The van der Waals surface area contributed by atoms with E-state index in [2.05, 4.69) is 35.3 Å². The second kappa shape index (κ2) is 8.60. The molecule has 1 aromatic carbocycles. The number of rotatable bonds is 8. The normalized spacial score (nSPS) is 20.1. The van der Waals surface area contributed by atoms with Gasteiger partial charge < -0.3 is 10.6 Å². The summed E-state index contributed by atoms with van der Waals surface area (Å²) in [6, 6.07) is 6.53. The number of para-hydroxylation sites is 2. The van der Waals surface area contributed by atoms with Crippen molar-refractivity contribution in [3.63, 3.8) is 0 Å². The SMILES string of the molecule is CC(C)CC1CC(C(=O)NCCNc2ccccc2[N+](=O)[O-])NN1. The first kappa shape index (κ1) is 18.2. The van der Waals surface area contributed by atoms with Gasteiger partial charge in [-0.2, -0.15) is 0 Å². The number of nitrogens with one attached hydrogen (secondary N) is 4. The maximum absolute atomic E-state index is 12.1. The van der Waals surface area contributed by atoms with Crippen LogP contribution in [0.15, 0.2) is 24.3 Å². The van der Waals surface area contributed by atoms with Crippen LogP contribution in [0, 0.1) is 16.0 Å². The number of hydrazine groups is 1. The van der Waals surface area contributed by atoms with Crippen LogP contribution in [0.1, 0.15) is 26.7 Å². The van der Waals surface area contributed by atoms with Crippen LogP contribution in [0.25, 0.3) is 0 Å². The molecule has 8 heteroatoms. The van der Waals surface area contributed by atoms with Crippen molar-refractivity contribution in [3.05, 3.63) is 34.4 Å². The molecule has 24 heavy (non-hydrogen) atoms. The molecule has 2 unspecified atom stereocenters. The Bertz CT molecular complexity index is 579. The van der Waals surface area contributed by atoms with Crippen molar-refractivity contribution in [1.82, 2.24) is 16.2 Å². The van der Waals surface area contributed by atoms with Gasteiger partial charge in [0.05, 0.1) is 4.92 Å². The predicted molar refractivity (Wildman–Crippen MR) is 92.5 cm³/mol. The smallest absolute Gasteiger partial charge is 0.292 e. The molecule has 0 saturated carbocycles. The molecule has 8 nitrogen and oxygen atoms in total. The second-order valence-electron chi connectivity index (χ2n) is 6.40. The van der Waals surface area contributed by atoms with Gasteiger partial charge in [-0.3, -0.25) is 20.3 Å². The number of hydrogen-bond donors (Lipinski definition) is 4. The van der Waals surface area contributed by atoms with Crippen LogP contribution in [0.2, 0.25) is 0 Å². The van der Waals surface area contributed by atoms with E-state index in [1.54, 1.807) is 18.2 Å². The van der Waals surface area contributed by atoms with Gasteiger partial charge in [0.25, 0.3) is 5.69 Å². The Labute approximate surface area is 141 Å². The number of amides is 1. The molecular formula is C16H25N5O3. The van der Waals surface area contributed by atoms with Crippen molar-refractivity contribution in [3.8, 4) is 0 Å². The molecule has 0 aliphatic carbocycles. The van der Waals surface area contributed by atoms with Gasteiger partial charge in [0.1, 0.15) is 11.7 Å². The zero-order chi connectivity index (χ0) is 17.5. The van der Waals surface area contributed by atoms with Crippen LogP contribution in [-0.4, -0.2) is 36.0 Å². The van der Waals surface area contributed by atoms with Crippen LogP contribution in [0.3, 0.4) is 0 Å². The Morgan fingerprint density at radius 1 is 1.33 bits per heavy atom. The number of carbonyl (C=O) groups excluding carboxylic acids is 1. The summed E-state index contributed by atoms with van der Waals surface area (Å²) in [6.45, 7) is 5.14. The summed E-state index contributed by atoms with van der Waals surface area (Å²) in [5.41, 5.74) is 6.66. The largest absolute Gasteiger partial charge is 0.378 e. The summed E-state index contributed by atoms with van der Waals surface area (Å²) in [4.78, 5) is 22.6. The number of benzene rings is 1. The van der Waals surface area contributed by atoms with Crippen LogP contribution >= 0.6 is 0 Å². The number of nitro benzene ring substituents is 1. The van der Waals surface area contributed by atoms with Gasteiger partial charge in [0.2, 0.25) is 5.91 Å². The lowest BCUT2D eigenvalue weighted by atomic mass is 10.00. The summed E-state index contributed by atoms with van der Waals surface area (Å²) < 4.78 is 0. The van der Waals surface area contributed by atoms with Crippen molar-refractivity contribution in [2.75, 3.05) is 18.4 Å². The highest BCUT2D eigenvalue weighted by molar-refractivity contribution is 5.82.